The zero-order valence-corrected chi connectivity index (χ0v) is 16.2. The number of nitrogens with zero attached hydrogens (tertiary/aromatic N) is 2. The van der Waals surface area contributed by atoms with E-state index in [9.17, 15) is 14.7 Å². The van der Waals surface area contributed by atoms with Gasteiger partial charge in [0.05, 0.1) is 18.0 Å². The summed E-state index contributed by atoms with van der Waals surface area (Å²) in [4.78, 5) is 31.3. The van der Waals surface area contributed by atoms with Crippen molar-refractivity contribution in [1.29, 1.82) is 0 Å². The van der Waals surface area contributed by atoms with Crippen LogP contribution in [0.4, 0.5) is 5.69 Å². The van der Waals surface area contributed by atoms with Crippen molar-refractivity contribution in [3.8, 4) is 17.3 Å². The van der Waals surface area contributed by atoms with Crippen molar-refractivity contribution in [2.24, 2.45) is 4.99 Å². The number of aromatic hydroxyl groups is 1. The van der Waals surface area contributed by atoms with Crippen LogP contribution in [-0.4, -0.2) is 27.5 Å². The first-order chi connectivity index (χ1) is 14.6. The largest absolute Gasteiger partial charge is 0.494 e. The van der Waals surface area contributed by atoms with E-state index in [1.165, 1.54) is 6.21 Å². The maximum atomic E-state index is 12.3. The smallest absolute Gasteiger partial charge is 0.335 e. The lowest BCUT2D eigenvalue weighted by molar-refractivity contribution is 0.340. The Labute approximate surface area is 171 Å². The zero-order valence-electron chi connectivity index (χ0n) is 16.2. The molecule has 0 aliphatic heterocycles. The monoisotopic (exact) mass is 401 g/mol. The minimum absolute atomic E-state index is 0.114. The van der Waals surface area contributed by atoms with E-state index in [1.54, 1.807) is 24.3 Å². The molecule has 0 aliphatic carbocycles. The number of hydrogen-bond donors (Lipinski definition) is 2. The molecule has 0 spiro atoms. The lowest BCUT2D eigenvalue weighted by atomic mass is 10.1. The first-order valence-electron chi connectivity index (χ1n) is 9.42. The number of ether oxygens (including phenoxy) is 1. The molecule has 4 aromatic rings. The fraction of sp³-hybridized carbons (Fsp3) is 0.0870. The number of aromatic amines is 1. The van der Waals surface area contributed by atoms with Gasteiger partial charge in [-0.1, -0.05) is 36.4 Å². The summed E-state index contributed by atoms with van der Waals surface area (Å²) in [5, 5.41) is 12.6. The van der Waals surface area contributed by atoms with E-state index in [0.717, 1.165) is 15.3 Å². The Bertz CT molecular complexity index is 1350. The fourth-order valence-corrected chi connectivity index (χ4v) is 3.21. The molecule has 1 heterocycles. The van der Waals surface area contributed by atoms with Gasteiger partial charge in [-0.15, -0.1) is 0 Å². The summed E-state index contributed by atoms with van der Waals surface area (Å²) in [6, 6.07) is 20.0. The third-order valence-electron chi connectivity index (χ3n) is 4.63. The van der Waals surface area contributed by atoms with Crippen LogP contribution in [0.1, 0.15) is 12.5 Å². The summed E-state index contributed by atoms with van der Waals surface area (Å²) in [7, 11) is 0. The predicted octanol–water partition coefficient (Wildman–Crippen LogP) is 3.53. The number of fused-ring (bicyclic) bond motifs is 1. The molecule has 0 radical (unpaired) electrons. The minimum Gasteiger partial charge on any atom is -0.494 e. The lowest BCUT2D eigenvalue weighted by Crippen LogP contribution is -2.31. The van der Waals surface area contributed by atoms with Gasteiger partial charge in [-0.25, -0.2) is 9.36 Å². The second-order valence-electron chi connectivity index (χ2n) is 6.52. The molecule has 0 saturated heterocycles. The summed E-state index contributed by atoms with van der Waals surface area (Å²) in [5.74, 6) is 0.146. The van der Waals surface area contributed by atoms with E-state index in [1.807, 2.05) is 49.4 Å². The molecule has 4 rings (SSSR count). The molecule has 0 amide bonds. The van der Waals surface area contributed by atoms with Crippen LogP contribution in [0.25, 0.3) is 16.5 Å². The normalized spacial score (nSPS) is 11.2. The number of nitrogens with one attached hydrogen (secondary N) is 1. The highest BCUT2D eigenvalue weighted by Crippen LogP contribution is 2.26. The van der Waals surface area contributed by atoms with E-state index >= 15 is 0 Å². The van der Waals surface area contributed by atoms with Crippen LogP contribution < -0.4 is 16.0 Å². The van der Waals surface area contributed by atoms with Crippen molar-refractivity contribution in [2.75, 3.05) is 6.61 Å². The van der Waals surface area contributed by atoms with E-state index in [4.69, 9.17) is 4.74 Å². The van der Waals surface area contributed by atoms with Gasteiger partial charge in [-0.05, 0) is 42.6 Å². The Morgan fingerprint density at radius 2 is 1.77 bits per heavy atom. The van der Waals surface area contributed by atoms with Crippen LogP contribution >= 0.6 is 0 Å². The van der Waals surface area contributed by atoms with Gasteiger partial charge in [0.1, 0.15) is 11.3 Å². The highest BCUT2D eigenvalue weighted by atomic mass is 16.5. The maximum absolute atomic E-state index is 12.3. The number of aliphatic imine (C=N–C) groups is 1. The highest BCUT2D eigenvalue weighted by molar-refractivity contribution is 5.95. The second kappa shape index (κ2) is 8.08. The number of hydrogen-bond acceptors (Lipinski definition) is 5. The lowest BCUT2D eigenvalue weighted by Gasteiger charge is -2.10. The number of H-pyrrole nitrogens is 1. The SMILES string of the molecule is CCOc1ccc(-n2c(O)c(C=Nc3cccc4ccccc34)c(=O)[nH]c2=O)cc1. The van der Waals surface area contributed by atoms with Crippen LogP contribution in [0, 0.1) is 0 Å². The van der Waals surface area contributed by atoms with E-state index < -0.39 is 17.1 Å². The number of aromatic nitrogens is 2. The molecule has 0 bridgehead atoms. The fourth-order valence-electron chi connectivity index (χ4n) is 3.21. The van der Waals surface area contributed by atoms with Crippen molar-refractivity contribution in [2.45, 2.75) is 6.92 Å². The third-order valence-corrected chi connectivity index (χ3v) is 4.63. The molecule has 3 aromatic carbocycles. The predicted molar refractivity (Wildman–Crippen MR) is 117 cm³/mol. The summed E-state index contributed by atoms with van der Waals surface area (Å²) in [6.45, 7) is 2.38. The molecule has 0 unspecified atom stereocenters. The van der Waals surface area contributed by atoms with Gasteiger partial charge in [-0.3, -0.25) is 14.8 Å². The van der Waals surface area contributed by atoms with Gasteiger partial charge < -0.3 is 9.84 Å². The topological polar surface area (TPSA) is 96.7 Å². The standard InChI is InChI=1S/C23H19N3O4/c1-2-30-17-12-10-16(11-13-17)26-22(28)19(21(27)25-23(26)29)14-24-20-9-5-7-15-6-3-4-8-18(15)20/h3-14,28H,2H2,1H3,(H,25,27,29). The molecule has 30 heavy (non-hydrogen) atoms. The molecule has 150 valence electrons. The molecule has 0 fully saturated rings. The molecule has 7 nitrogen and oxygen atoms in total. The number of rotatable bonds is 5. The molecular formula is C23H19N3O4. The van der Waals surface area contributed by atoms with Crippen molar-refractivity contribution < 1.29 is 9.84 Å². The summed E-state index contributed by atoms with van der Waals surface area (Å²) < 4.78 is 6.41. The van der Waals surface area contributed by atoms with Crippen LogP contribution in [0.5, 0.6) is 11.6 Å². The van der Waals surface area contributed by atoms with Gasteiger partial charge in [0, 0.05) is 11.6 Å². The Hall–Kier alpha value is -4.13. The summed E-state index contributed by atoms with van der Waals surface area (Å²) in [6.07, 6.45) is 1.26. The van der Waals surface area contributed by atoms with Crippen molar-refractivity contribution in [3.63, 3.8) is 0 Å². The molecule has 0 atom stereocenters. The quantitative estimate of drug-likeness (QED) is 0.500. The minimum atomic E-state index is -0.746. The first-order valence-corrected chi connectivity index (χ1v) is 9.42. The Kier molecular flexibility index (Phi) is 5.17. The van der Waals surface area contributed by atoms with Crippen LogP contribution in [-0.2, 0) is 0 Å². The van der Waals surface area contributed by atoms with Gasteiger partial charge in [0.2, 0.25) is 5.88 Å². The van der Waals surface area contributed by atoms with Crippen LogP contribution in [0.3, 0.4) is 0 Å². The highest BCUT2D eigenvalue weighted by Gasteiger charge is 2.14. The Morgan fingerprint density at radius 3 is 2.53 bits per heavy atom. The van der Waals surface area contributed by atoms with Crippen LogP contribution in [0.2, 0.25) is 0 Å². The molecule has 0 saturated carbocycles. The average molecular weight is 401 g/mol. The Balaban J connectivity index is 1.79. The summed E-state index contributed by atoms with van der Waals surface area (Å²) in [5.41, 5.74) is -0.549. The zero-order chi connectivity index (χ0) is 21.1. The summed E-state index contributed by atoms with van der Waals surface area (Å²) >= 11 is 0. The van der Waals surface area contributed by atoms with E-state index in [2.05, 4.69) is 9.98 Å². The van der Waals surface area contributed by atoms with Gasteiger partial charge in [0.25, 0.3) is 5.56 Å². The number of benzene rings is 3. The van der Waals surface area contributed by atoms with E-state index in [-0.39, 0.29) is 5.56 Å². The first kappa shape index (κ1) is 19.2. The molecule has 0 aliphatic rings. The maximum Gasteiger partial charge on any atom is 0.335 e. The Morgan fingerprint density at radius 1 is 1.03 bits per heavy atom. The van der Waals surface area contributed by atoms with Gasteiger partial charge in [-0.2, -0.15) is 0 Å². The molecule has 2 N–H and O–H groups in total. The van der Waals surface area contributed by atoms with Crippen molar-refractivity contribution in [3.05, 3.63) is 93.1 Å². The van der Waals surface area contributed by atoms with Crippen molar-refractivity contribution in [1.82, 2.24) is 9.55 Å². The average Bonchev–Trinajstić information content (AvgIpc) is 2.75. The second-order valence-corrected chi connectivity index (χ2v) is 6.52. The molecule has 7 heteroatoms. The van der Waals surface area contributed by atoms with Crippen LogP contribution in [0.15, 0.2) is 81.3 Å². The third kappa shape index (κ3) is 3.60. The van der Waals surface area contributed by atoms with Crippen molar-refractivity contribution >= 4 is 22.7 Å². The van der Waals surface area contributed by atoms with Gasteiger partial charge >= 0.3 is 5.69 Å². The molecule has 1 aromatic heterocycles. The van der Waals surface area contributed by atoms with Gasteiger partial charge in [0.15, 0.2) is 0 Å². The van der Waals surface area contributed by atoms with E-state index in [0.29, 0.717) is 23.7 Å². The molecular weight excluding hydrogens is 382 g/mol.